The number of nitrogens with one attached hydrogen (secondary N) is 1. The van der Waals surface area contributed by atoms with Crippen molar-refractivity contribution >= 4 is 17.3 Å². The van der Waals surface area contributed by atoms with Gasteiger partial charge in [0, 0.05) is 25.3 Å². The molecule has 0 atom stereocenters. The monoisotopic (exact) mass is 291 g/mol. The second kappa shape index (κ2) is 6.52. The lowest BCUT2D eigenvalue weighted by Gasteiger charge is -2.20. The molecule has 5 heteroatoms. The van der Waals surface area contributed by atoms with Gasteiger partial charge in [0.15, 0.2) is 23.3 Å². The van der Waals surface area contributed by atoms with E-state index in [-0.39, 0.29) is 11.6 Å². The van der Waals surface area contributed by atoms with Crippen molar-refractivity contribution in [1.29, 1.82) is 0 Å². The molecule has 0 aliphatic carbocycles. The molecule has 0 fully saturated rings. The molecule has 2 rings (SSSR count). The van der Waals surface area contributed by atoms with Crippen LogP contribution in [0.3, 0.4) is 0 Å². The number of anilines is 3. The van der Waals surface area contributed by atoms with Crippen molar-refractivity contribution in [3.63, 3.8) is 0 Å². The molecule has 1 N–H and O–H groups in total. The molecule has 0 saturated carbocycles. The molecule has 0 bridgehead atoms. The van der Waals surface area contributed by atoms with E-state index in [1.54, 1.807) is 11.9 Å². The molecule has 1 aromatic carbocycles. The maximum atomic E-state index is 14.0. The Bertz CT molecular complexity index is 612. The Morgan fingerprint density at radius 2 is 1.81 bits per heavy atom. The molecule has 0 aliphatic heterocycles. The number of rotatable bonds is 5. The summed E-state index contributed by atoms with van der Waals surface area (Å²) in [5, 5.41) is 2.87. The van der Waals surface area contributed by atoms with Crippen LogP contribution in [0.5, 0.6) is 0 Å². The number of pyridine rings is 1. The van der Waals surface area contributed by atoms with Gasteiger partial charge in [-0.15, -0.1) is 0 Å². The zero-order valence-electron chi connectivity index (χ0n) is 12.5. The minimum atomic E-state index is -0.683. The van der Waals surface area contributed by atoms with Crippen molar-refractivity contribution < 1.29 is 8.78 Å². The lowest BCUT2D eigenvalue weighted by atomic mass is 10.2. The van der Waals surface area contributed by atoms with Crippen molar-refractivity contribution in [2.24, 2.45) is 0 Å². The third-order valence-electron chi connectivity index (χ3n) is 3.19. The molecule has 3 nitrogen and oxygen atoms in total. The van der Waals surface area contributed by atoms with E-state index in [1.165, 1.54) is 0 Å². The van der Waals surface area contributed by atoms with Crippen molar-refractivity contribution in [2.45, 2.75) is 20.3 Å². The van der Waals surface area contributed by atoms with Gasteiger partial charge in [0.2, 0.25) is 0 Å². The first-order valence-corrected chi connectivity index (χ1v) is 6.93. The van der Waals surface area contributed by atoms with Crippen LogP contribution in [-0.4, -0.2) is 18.6 Å². The number of halogens is 2. The van der Waals surface area contributed by atoms with Gasteiger partial charge in [-0.25, -0.2) is 13.8 Å². The standard InChI is InChI=1S/C16H19F2N3/c1-4-9-19-15-13(17)10-14(18)16(20-15)21(3)12-7-5-11(2)6-8-12/h5-8,10H,4,9H2,1-3H3,(H,19,20). The van der Waals surface area contributed by atoms with Crippen LogP contribution >= 0.6 is 0 Å². The van der Waals surface area contributed by atoms with E-state index in [0.717, 1.165) is 23.7 Å². The Morgan fingerprint density at radius 1 is 1.14 bits per heavy atom. The van der Waals surface area contributed by atoms with Gasteiger partial charge in [0.25, 0.3) is 0 Å². The lowest BCUT2D eigenvalue weighted by molar-refractivity contribution is 0.576. The molecule has 0 spiro atoms. The van der Waals surface area contributed by atoms with Gasteiger partial charge < -0.3 is 10.2 Å². The molecule has 112 valence electrons. The van der Waals surface area contributed by atoms with Gasteiger partial charge in [0.05, 0.1) is 0 Å². The molecular formula is C16H19F2N3. The van der Waals surface area contributed by atoms with Gasteiger partial charge >= 0.3 is 0 Å². The summed E-state index contributed by atoms with van der Waals surface area (Å²) in [6.07, 6.45) is 0.835. The first kappa shape index (κ1) is 15.2. The van der Waals surface area contributed by atoms with Crippen LogP contribution in [-0.2, 0) is 0 Å². The molecule has 1 aromatic heterocycles. The van der Waals surface area contributed by atoms with Crippen LogP contribution in [0.2, 0.25) is 0 Å². The van der Waals surface area contributed by atoms with E-state index in [2.05, 4.69) is 10.3 Å². The third-order valence-corrected chi connectivity index (χ3v) is 3.19. The molecule has 0 saturated heterocycles. The van der Waals surface area contributed by atoms with E-state index in [1.807, 2.05) is 38.1 Å². The van der Waals surface area contributed by atoms with Gasteiger partial charge in [0.1, 0.15) is 0 Å². The molecule has 0 amide bonds. The Hall–Kier alpha value is -2.17. The van der Waals surface area contributed by atoms with E-state index in [9.17, 15) is 8.78 Å². The highest BCUT2D eigenvalue weighted by atomic mass is 19.1. The average molecular weight is 291 g/mol. The number of benzene rings is 1. The van der Waals surface area contributed by atoms with Crippen LogP contribution in [0.4, 0.5) is 26.1 Å². The van der Waals surface area contributed by atoms with E-state index in [4.69, 9.17) is 0 Å². The van der Waals surface area contributed by atoms with E-state index >= 15 is 0 Å². The quantitative estimate of drug-likeness (QED) is 0.892. The number of hydrogen-bond donors (Lipinski definition) is 1. The van der Waals surface area contributed by atoms with E-state index in [0.29, 0.717) is 6.54 Å². The number of aryl methyl sites for hydroxylation is 1. The molecule has 0 unspecified atom stereocenters. The van der Waals surface area contributed by atoms with Crippen molar-refractivity contribution in [1.82, 2.24) is 4.98 Å². The average Bonchev–Trinajstić information content (AvgIpc) is 2.46. The smallest absolute Gasteiger partial charge is 0.171 e. The molecule has 21 heavy (non-hydrogen) atoms. The highest BCUT2D eigenvalue weighted by molar-refractivity contribution is 5.61. The summed E-state index contributed by atoms with van der Waals surface area (Å²) in [7, 11) is 1.71. The fourth-order valence-corrected chi connectivity index (χ4v) is 1.95. The SMILES string of the molecule is CCCNc1nc(N(C)c2ccc(C)cc2)c(F)cc1F. The molecular weight excluding hydrogens is 272 g/mol. The van der Waals surface area contributed by atoms with Gasteiger partial charge in [-0.2, -0.15) is 0 Å². The summed E-state index contributed by atoms with van der Waals surface area (Å²) in [4.78, 5) is 5.68. The number of nitrogens with zero attached hydrogens (tertiary/aromatic N) is 2. The Balaban J connectivity index is 2.35. The van der Waals surface area contributed by atoms with Crippen LogP contribution in [0, 0.1) is 18.6 Å². The van der Waals surface area contributed by atoms with Crippen LogP contribution in [0.1, 0.15) is 18.9 Å². The molecule has 2 aromatic rings. The maximum Gasteiger partial charge on any atom is 0.171 e. The highest BCUT2D eigenvalue weighted by Gasteiger charge is 2.16. The van der Waals surface area contributed by atoms with Gasteiger partial charge in [-0.3, -0.25) is 0 Å². The van der Waals surface area contributed by atoms with Crippen LogP contribution in [0.15, 0.2) is 30.3 Å². The van der Waals surface area contributed by atoms with E-state index < -0.39 is 11.6 Å². The Labute approximate surface area is 123 Å². The fraction of sp³-hybridized carbons (Fsp3) is 0.312. The summed E-state index contributed by atoms with van der Waals surface area (Å²) < 4.78 is 27.7. The molecule has 0 aliphatic rings. The minimum absolute atomic E-state index is 0.0761. The Morgan fingerprint density at radius 3 is 2.43 bits per heavy atom. The summed E-state index contributed by atoms with van der Waals surface area (Å²) in [5.41, 5.74) is 1.91. The summed E-state index contributed by atoms with van der Waals surface area (Å²) in [6.45, 7) is 4.53. The Kier molecular flexibility index (Phi) is 4.73. The van der Waals surface area contributed by atoms with Crippen molar-refractivity contribution in [3.8, 4) is 0 Å². The lowest BCUT2D eigenvalue weighted by Crippen LogP contribution is -2.15. The topological polar surface area (TPSA) is 28.2 Å². The summed E-state index contributed by atoms with van der Waals surface area (Å²) >= 11 is 0. The first-order valence-electron chi connectivity index (χ1n) is 6.93. The van der Waals surface area contributed by atoms with Crippen LogP contribution < -0.4 is 10.2 Å². The number of aromatic nitrogens is 1. The maximum absolute atomic E-state index is 14.0. The van der Waals surface area contributed by atoms with Gasteiger partial charge in [-0.1, -0.05) is 24.6 Å². The predicted octanol–water partition coefficient (Wildman–Crippen LogP) is 4.26. The van der Waals surface area contributed by atoms with Crippen LogP contribution in [0.25, 0.3) is 0 Å². The zero-order valence-corrected chi connectivity index (χ0v) is 12.5. The normalized spacial score (nSPS) is 10.5. The fourth-order valence-electron chi connectivity index (χ4n) is 1.95. The number of hydrogen-bond acceptors (Lipinski definition) is 3. The minimum Gasteiger partial charge on any atom is -0.368 e. The largest absolute Gasteiger partial charge is 0.368 e. The summed E-state index contributed by atoms with van der Waals surface area (Å²) in [5.74, 6) is -1.19. The first-order chi connectivity index (χ1) is 10.0. The van der Waals surface area contributed by atoms with Gasteiger partial charge in [-0.05, 0) is 25.5 Å². The summed E-state index contributed by atoms with van der Waals surface area (Å²) in [6, 6.07) is 8.48. The molecule has 0 radical (unpaired) electrons. The highest BCUT2D eigenvalue weighted by Crippen LogP contribution is 2.27. The predicted molar refractivity (Wildman–Crippen MR) is 82.2 cm³/mol. The van der Waals surface area contributed by atoms with Crippen molar-refractivity contribution in [3.05, 3.63) is 47.5 Å². The van der Waals surface area contributed by atoms with Crippen molar-refractivity contribution in [2.75, 3.05) is 23.8 Å². The second-order valence-corrected chi connectivity index (χ2v) is 4.95. The zero-order chi connectivity index (χ0) is 15.4. The molecule has 1 heterocycles. The second-order valence-electron chi connectivity index (χ2n) is 4.95. The third kappa shape index (κ3) is 3.48.